The molecule has 1 aromatic heterocycles. The van der Waals surface area contributed by atoms with E-state index in [1.165, 1.54) is 5.56 Å². The number of aryl methyl sites for hydroxylation is 2. The molecule has 0 spiro atoms. The molecule has 0 saturated carbocycles. The number of unbranched alkanes of at least 4 members (excludes halogenated alkanes) is 1. The summed E-state index contributed by atoms with van der Waals surface area (Å²) in [5.41, 5.74) is 3.45. The van der Waals surface area contributed by atoms with Gasteiger partial charge in [0.1, 0.15) is 23.9 Å². The molecule has 160 valence electrons. The minimum Gasteiger partial charge on any atom is -0.494 e. The van der Waals surface area contributed by atoms with Gasteiger partial charge in [0.25, 0.3) is 0 Å². The molecule has 0 saturated heterocycles. The zero-order valence-corrected chi connectivity index (χ0v) is 18.5. The van der Waals surface area contributed by atoms with E-state index in [0.29, 0.717) is 18.2 Å². The normalized spacial score (nSPS) is 11.0. The Morgan fingerprint density at radius 1 is 0.839 bits per heavy atom. The molecule has 1 heterocycles. The van der Waals surface area contributed by atoms with Crippen molar-refractivity contribution in [1.82, 2.24) is 9.55 Å². The van der Waals surface area contributed by atoms with Gasteiger partial charge in [0.05, 0.1) is 17.6 Å². The fourth-order valence-corrected chi connectivity index (χ4v) is 3.67. The van der Waals surface area contributed by atoms with Crippen molar-refractivity contribution in [1.29, 1.82) is 0 Å². The van der Waals surface area contributed by atoms with E-state index >= 15 is 0 Å². The number of aromatic nitrogens is 2. The van der Waals surface area contributed by atoms with Crippen LogP contribution in [0.2, 0.25) is 5.02 Å². The van der Waals surface area contributed by atoms with E-state index in [4.69, 9.17) is 26.1 Å². The lowest BCUT2D eigenvalue weighted by atomic mass is 10.2. The highest BCUT2D eigenvalue weighted by molar-refractivity contribution is 6.30. The number of para-hydroxylation sites is 2. The largest absolute Gasteiger partial charge is 0.494 e. The number of nitrogens with zero attached hydrogens (tertiary/aromatic N) is 2. The molecule has 0 N–H and O–H groups in total. The Hall–Kier alpha value is -2.98. The molecule has 31 heavy (non-hydrogen) atoms. The molecule has 0 unspecified atom stereocenters. The van der Waals surface area contributed by atoms with E-state index in [0.717, 1.165) is 54.2 Å². The number of benzene rings is 3. The Morgan fingerprint density at radius 3 is 2.32 bits per heavy atom. The first kappa shape index (κ1) is 21.3. The van der Waals surface area contributed by atoms with Crippen LogP contribution < -0.4 is 9.47 Å². The summed E-state index contributed by atoms with van der Waals surface area (Å²) in [5.74, 6) is 2.64. The fourth-order valence-electron chi connectivity index (χ4n) is 3.55. The molecule has 0 atom stereocenters. The van der Waals surface area contributed by atoms with Crippen molar-refractivity contribution in [2.45, 2.75) is 39.3 Å². The van der Waals surface area contributed by atoms with Crippen LogP contribution in [0.15, 0.2) is 72.8 Å². The highest BCUT2D eigenvalue weighted by Gasteiger charge is 2.11. The van der Waals surface area contributed by atoms with Gasteiger partial charge in [0.15, 0.2) is 0 Å². The maximum absolute atomic E-state index is 5.96. The van der Waals surface area contributed by atoms with Gasteiger partial charge in [0.2, 0.25) is 0 Å². The zero-order chi connectivity index (χ0) is 21.5. The topological polar surface area (TPSA) is 36.3 Å². The number of rotatable bonds is 10. The van der Waals surface area contributed by atoms with Crippen LogP contribution >= 0.6 is 11.6 Å². The molecule has 0 radical (unpaired) electrons. The Morgan fingerprint density at radius 2 is 1.55 bits per heavy atom. The van der Waals surface area contributed by atoms with Gasteiger partial charge >= 0.3 is 0 Å². The average Bonchev–Trinajstić information content (AvgIpc) is 3.16. The van der Waals surface area contributed by atoms with E-state index in [2.05, 4.69) is 41.8 Å². The molecule has 0 bridgehead atoms. The fraction of sp³-hybridized carbons (Fsp3) is 0.269. The SMILES string of the molecule is CCc1ccc(OCCCCn2c(COc3ccc(Cl)cc3)nc3ccccc32)cc1. The van der Waals surface area contributed by atoms with Crippen LogP contribution in [0.5, 0.6) is 11.5 Å². The van der Waals surface area contributed by atoms with E-state index < -0.39 is 0 Å². The summed E-state index contributed by atoms with van der Waals surface area (Å²) in [6, 6.07) is 24.0. The van der Waals surface area contributed by atoms with Crippen molar-refractivity contribution in [2.75, 3.05) is 6.61 Å². The Kier molecular flexibility index (Phi) is 7.11. The predicted octanol–water partition coefficient (Wildman–Crippen LogP) is 6.69. The molecule has 4 aromatic rings. The molecule has 0 amide bonds. The third kappa shape index (κ3) is 5.59. The van der Waals surface area contributed by atoms with Gasteiger partial charge in [-0.2, -0.15) is 0 Å². The van der Waals surface area contributed by atoms with Crippen LogP contribution in [0.4, 0.5) is 0 Å². The quantitative estimate of drug-likeness (QED) is 0.261. The second kappa shape index (κ2) is 10.4. The van der Waals surface area contributed by atoms with Gasteiger partial charge in [0, 0.05) is 11.6 Å². The molecule has 0 aliphatic heterocycles. The summed E-state index contributed by atoms with van der Waals surface area (Å²) in [6.07, 6.45) is 3.02. The zero-order valence-electron chi connectivity index (χ0n) is 17.8. The number of hydrogen-bond donors (Lipinski definition) is 0. The van der Waals surface area contributed by atoms with Crippen molar-refractivity contribution in [3.63, 3.8) is 0 Å². The molecule has 0 aliphatic carbocycles. The van der Waals surface area contributed by atoms with Crippen LogP contribution in [0.1, 0.15) is 31.2 Å². The van der Waals surface area contributed by atoms with Crippen LogP contribution in [-0.4, -0.2) is 16.2 Å². The van der Waals surface area contributed by atoms with E-state index in [-0.39, 0.29) is 0 Å². The molecule has 3 aromatic carbocycles. The summed E-state index contributed by atoms with van der Waals surface area (Å²) in [4.78, 5) is 4.79. The summed E-state index contributed by atoms with van der Waals surface area (Å²) in [5, 5.41) is 0.697. The van der Waals surface area contributed by atoms with Crippen LogP contribution in [-0.2, 0) is 19.6 Å². The minimum absolute atomic E-state index is 0.413. The number of fused-ring (bicyclic) bond motifs is 1. The number of ether oxygens (including phenoxy) is 2. The van der Waals surface area contributed by atoms with Crippen molar-refractivity contribution in [3.05, 3.63) is 89.2 Å². The van der Waals surface area contributed by atoms with Gasteiger partial charge < -0.3 is 14.0 Å². The second-order valence-corrected chi connectivity index (χ2v) is 7.90. The van der Waals surface area contributed by atoms with Crippen molar-refractivity contribution in [3.8, 4) is 11.5 Å². The van der Waals surface area contributed by atoms with E-state index in [1.807, 2.05) is 42.5 Å². The first-order chi connectivity index (χ1) is 15.2. The molecule has 0 fully saturated rings. The molecular formula is C26H27ClN2O2. The summed E-state index contributed by atoms with van der Waals surface area (Å²) < 4.78 is 14.1. The molecule has 0 aliphatic rings. The Bertz CT molecular complexity index is 1100. The highest BCUT2D eigenvalue weighted by atomic mass is 35.5. The minimum atomic E-state index is 0.413. The molecule has 5 heteroatoms. The standard InChI is InChI=1S/C26H27ClN2O2/c1-2-20-9-13-22(14-10-20)30-18-6-5-17-29-25-8-4-3-7-24(25)28-26(29)19-31-23-15-11-21(27)12-16-23/h3-4,7-16H,2,5-6,17-19H2,1H3. The Labute approximate surface area is 188 Å². The average molecular weight is 435 g/mol. The first-order valence-electron chi connectivity index (χ1n) is 10.8. The highest BCUT2D eigenvalue weighted by Crippen LogP contribution is 2.21. The van der Waals surface area contributed by atoms with Crippen molar-refractivity contribution in [2.24, 2.45) is 0 Å². The van der Waals surface area contributed by atoms with Crippen LogP contribution in [0, 0.1) is 0 Å². The van der Waals surface area contributed by atoms with Gasteiger partial charge in [-0.05, 0) is 73.4 Å². The lowest BCUT2D eigenvalue weighted by molar-refractivity contribution is 0.285. The second-order valence-electron chi connectivity index (χ2n) is 7.46. The summed E-state index contributed by atoms with van der Waals surface area (Å²) in [7, 11) is 0. The van der Waals surface area contributed by atoms with Crippen LogP contribution in [0.25, 0.3) is 11.0 Å². The number of hydrogen-bond acceptors (Lipinski definition) is 3. The van der Waals surface area contributed by atoms with Crippen molar-refractivity contribution >= 4 is 22.6 Å². The van der Waals surface area contributed by atoms with Gasteiger partial charge in [-0.15, -0.1) is 0 Å². The smallest absolute Gasteiger partial charge is 0.147 e. The number of halogens is 1. The molecule has 4 nitrogen and oxygen atoms in total. The predicted molar refractivity (Wildman–Crippen MR) is 126 cm³/mol. The first-order valence-corrected chi connectivity index (χ1v) is 11.1. The van der Waals surface area contributed by atoms with Gasteiger partial charge in [-0.3, -0.25) is 0 Å². The lowest BCUT2D eigenvalue weighted by Gasteiger charge is -2.11. The Balaban J connectivity index is 1.35. The lowest BCUT2D eigenvalue weighted by Crippen LogP contribution is -2.08. The van der Waals surface area contributed by atoms with E-state index in [1.54, 1.807) is 0 Å². The maximum Gasteiger partial charge on any atom is 0.147 e. The molecular weight excluding hydrogens is 408 g/mol. The monoisotopic (exact) mass is 434 g/mol. The van der Waals surface area contributed by atoms with Gasteiger partial charge in [-0.1, -0.05) is 42.8 Å². The number of imidazole rings is 1. The third-order valence-electron chi connectivity index (χ3n) is 5.29. The molecule has 4 rings (SSSR count). The van der Waals surface area contributed by atoms with Crippen molar-refractivity contribution < 1.29 is 9.47 Å². The van der Waals surface area contributed by atoms with Crippen LogP contribution in [0.3, 0.4) is 0 Å². The van der Waals surface area contributed by atoms with E-state index in [9.17, 15) is 0 Å². The third-order valence-corrected chi connectivity index (χ3v) is 5.54. The summed E-state index contributed by atoms with van der Waals surface area (Å²) >= 11 is 5.96. The summed E-state index contributed by atoms with van der Waals surface area (Å²) in [6.45, 7) is 4.15. The van der Waals surface area contributed by atoms with Gasteiger partial charge in [-0.25, -0.2) is 4.98 Å². The maximum atomic E-state index is 5.96.